The highest BCUT2D eigenvalue weighted by Crippen LogP contribution is 2.33. The first kappa shape index (κ1) is 15.3. The lowest BCUT2D eigenvalue weighted by Gasteiger charge is -2.31. The van der Waals surface area contributed by atoms with Gasteiger partial charge in [0.15, 0.2) is 5.79 Å². The van der Waals surface area contributed by atoms with Crippen molar-refractivity contribution in [3.05, 3.63) is 33.1 Å². The molecule has 6 heteroatoms. The number of ether oxygens (including phenoxy) is 2. The monoisotopic (exact) mass is 367 g/mol. The van der Waals surface area contributed by atoms with Crippen LogP contribution in [0.4, 0.5) is 4.39 Å². The zero-order chi connectivity index (χ0) is 13.8. The van der Waals surface area contributed by atoms with E-state index in [1.165, 1.54) is 20.3 Å². The van der Waals surface area contributed by atoms with Gasteiger partial charge in [0.25, 0.3) is 0 Å². The molecule has 0 saturated heterocycles. The number of primary amides is 1. The fraction of sp³-hybridized carbons (Fsp3) is 0.417. The quantitative estimate of drug-likeness (QED) is 0.619. The first-order valence-corrected chi connectivity index (χ1v) is 6.37. The Bertz CT molecular complexity index is 435. The van der Waals surface area contributed by atoms with Gasteiger partial charge in [-0.3, -0.25) is 4.79 Å². The summed E-state index contributed by atoms with van der Waals surface area (Å²) in [5.41, 5.74) is 5.37. The second-order valence-corrected chi connectivity index (χ2v) is 5.00. The average Bonchev–Trinajstić information content (AvgIpc) is 2.35. The van der Waals surface area contributed by atoms with E-state index in [4.69, 9.17) is 15.2 Å². The maximum absolute atomic E-state index is 13.9. The summed E-state index contributed by atoms with van der Waals surface area (Å²) in [5, 5.41) is 0. The molecule has 1 amide bonds. The largest absolute Gasteiger partial charge is 0.370 e. The molecule has 0 bridgehead atoms. The average molecular weight is 367 g/mol. The van der Waals surface area contributed by atoms with E-state index < -0.39 is 17.5 Å². The van der Waals surface area contributed by atoms with E-state index in [-0.39, 0.29) is 18.4 Å². The zero-order valence-corrected chi connectivity index (χ0v) is 12.4. The van der Waals surface area contributed by atoms with E-state index in [2.05, 4.69) is 22.6 Å². The van der Waals surface area contributed by atoms with Gasteiger partial charge in [0.1, 0.15) is 5.82 Å². The van der Waals surface area contributed by atoms with Crippen molar-refractivity contribution in [1.29, 1.82) is 0 Å². The van der Waals surface area contributed by atoms with Crippen LogP contribution in [0.15, 0.2) is 18.2 Å². The Hall–Kier alpha value is -0.730. The third-order valence-corrected chi connectivity index (χ3v) is 3.37. The number of nitrogens with two attached hydrogens (primary N) is 1. The van der Waals surface area contributed by atoms with Crippen LogP contribution in [0.5, 0.6) is 0 Å². The van der Waals surface area contributed by atoms with Crippen molar-refractivity contribution in [1.82, 2.24) is 0 Å². The summed E-state index contributed by atoms with van der Waals surface area (Å²) in [4.78, 5) is 10.9. The molecule has 18 heavy (non-hydrogen) atoms. The predicted octanol–water partition coefficient (Wildman–Crippen LogP) is 2.14. The molecule has 0 fully saturated rings. The Morgan fingerprint density at radius 1 is 1.44 bits per heavy atom. The molecule has 1 aromatic carbocycles. The molecule has 0 aliphatic rings. The maximum atomic E-state index is 13.9. The number of amides is 1. The molecule has 100 valence electrons. The number of benzene rings is 1. The SMILES string of the molecule is COC(CCC(N)=O)(OC)c1cc(I)ccc1F. The van der Waals surface area contributed by atoms with E-state index in [1.807, 2.05) is 0 Å². The first-order valence-electron chi connectivity index (χ1n) is 5.29. The Labute approximate surface area is 119 Å². The number of halogens is 2. The summed E-state index contributed by atoms with van der Waals surface area (Å²) < 4.78 is 25.3. The van der Waals surface area contributed by atoms with Gasteiger partial charge >= 0.3 is 0 Å². The molecule has 0 aliphatic carbocycles. The Morgan fingerprint density at radius 2 is 2.06 bits per heavy atom. The van der Waals surface area contributed by atoms with Gasteiger partial charge in [-0.1, -0.05) is 0 Å². The minimum atomic E-state index is -1.29. The molecule has 0 saturated carbocycles. The lowest BCUT2D eigenvalue weighted by Crippen LogP contribution is -2.33. The molecule has 1 rings (SSSR count). The summed E-state index contributed by atoms with van der Waals surface area (Å²) in [6, 6.07) is 4.61. The van der Waals surface area contributed by atoms with E-state index in [0.717, 1.165) is 3.57 Å². The fourth-order valence-electron chi connectivity index (χ4n) is 1.72. The number of methoxy groups -OCH3 is 2. The van der Waals surface area contributed by atoms with Crippen molar-refractivity contribution in [2.24, 2.45) is 5.73 Å². The third kappa shape index (κ3) is 3.39. The lowest BCUT2D eigenvalue weighted by molar-refractivity contribution is -0.222. The molecule has 0 atom stereocenters. The first-order chi connectivity index (χ1) is 8.45. The van der Waals surface area contributed by atoms with Crippen molar-refractivity contribution in [3.63, 3.8) is 0 Å². The van der Waals surface area contributed by atoms with Gasteiger partial charge in [-0.15, -0.1) is 0 Å². The Kier molecular flexibility index (Phi) is 5.48. The number of hydrogen-bond donors (Lipinski definition) is 1. The number of hydrogen-bond acceptors (Lipinski definition) is 3. The van der Waals surface area contributed by atoms with Crippen LogP contribution in [-0.4, -0.2) is 20.1 Å². The third-order valence-electron chi connectivity index (χ3n) is 2.70. The molecular formula is C12H15FINO3. The van der Waals surface area contributed by atoms with Gasteiger partial charge in [-0.25, -0.2) is 4.39 Å². The van der Waals surface area contributed by atoms with Crippen LogP contribution >= 0.6 is 22.6 Å². The molecule has 0 unspecified atom stereocenters. The molecular weight excluding hydrogens is 352 g/mol. The highest BCUT2D eigenvalue weighted by Gasteiger charge is 2.35. The van der Waals surface area contributed by atoms with Gasteiger partial charge in [-0.05, 0) is 40.8 Å². The lowest BCUT2D eigenvalue weighted by atomic mass is 9.99. The van der Waals surface area contributed by atoms with E-state index in [9.17, 15) is 9.18 Å². The minimum absolute atomic E-state index is 0.0482. The predicted molar refractivity (Wildman–Crippen MR) is 73.2 cm³/mol. The smallest absolute Gasteiger partial charge is 0.217 e. The van der Waals surface area contributed by atoms with Gasteiger partial charge in [0.2, 0.25) is 5.91 Å². The topological polar surface area (TPSA) is 61.5 Å². The van der Waals surface area contributed by atoms with Crippen molar-refractivity contribution >= 4 is 28.5 Å². The van der Waals surface area contributed by atoms with Crippen LogP contribution in [-0.2, 0) is 20.1 Å². The molecule has 0 aromatic heterocycles. The van der Waals surface area contributed by atoms with Crippen LogP contribution in [0.2, 0.25) is 0 Å². The van der Waals surface area contributed by atoms with Crippen molar-refractivity contribution in [2.45, 2.75) is 18.6 Å². The van der Waals surface area contributed by atoms with Gasteiger partial charge in [-0.2, -0.15) is 0 Å². The number of rotatable bonds is 6. The highest BCUT2D eigenvalue weighted by atomic mass is 127. The normalized spacial score (nSPS) is 11.6. The van der Waals surface area contributed by atoms with Crippen molar-refractivity contribution in [2.75, 3.05) is 14.2 Å². The van der Waals surface area contributed by atoms with Crippen molar-refractivity contribution in [3.8, 4) is 0 Å². The van der Waals surface area contributed by atoms with Crippen LogP contribution in [0.1, 0.15) is 18.4 Å². The Balaban J connectivity index is 3.16. The highest BCUT2D eigenvalue weighted by molar-refractivity contribution is 14.1. The van der Waals surface area contributed by atoms with Crippen LogP contribution < -0.4 is 5.73 Å². The number of carbonyl (C=O) groups is 1. The fourth-order valence-corrected chi connectivity index (χ4v) is 2.21. The van der Waals surface area contributed by atoms with Crippen LogP contribution in [0.25, 0.3) is 0 Å². The maximum Gasteiger partial charge on any atom is 0.217 e. The summed E-state index contributed by atoms with van der Waals surface area (Å²) in [6.45, 7) is 0. The summed E-state index contributed by atoms with van der Waals surface area (Å²) in [5.74, 6) is -2.22. The summed E-state index contributed by atoms with van der Waals surface area (Å²) in [6.07, 6.45) is 0.207. The number of carbonyl (C=O) groups excluding carboxylic acids is 1. The standard InChI is InChI=1S/C12H15FINO3/c1-17-12(18-2,6-5-11(15)16)9-7-8(14)3-4-10(9)13/h3-4,7H,5-6H2,1-2H3,(H2,15,16). The van der Waals surface area contributed by atoms with Crippen LogP contribution in [0.3, 0.4) is 0 Å². The Morgan fingerprint density at radius 3 is 2.56 bits per heavy atom. The molecule has 1 aromatic rings. The molecule has 2 N–H and O–H groups in total. The van der Waals surface area contributed by atoms with Crippen LogP contribution in [0, 0.1) is 9.39 Å². The van der Waals surface area contributed by atoms with E-state index >= 15 is 0 Å². The molecule has 0 heterocycles. The summed E-state index contributed by atoms with van der Waals surface area (Å²) >= 11 is 2.07. The van der Waals surface area contributed by atoms with E-state index in [0.29, 0.717) is 0 Å². The molecule has 0 radical (unpaired) electrons. The minimum Gasteiger partial charge on any atom is -0.370 e. The zero-order valence-electron chi connectivity index (χ0n) is 10.2. The van der Waals surface area contributed by atoms with Crippen molar-refractivity contribution < 1.29 is 18.7 Å². The van der Waals surface area contributed by atoms with Gasteiger partial charge < -0.3 is 15.2 Å². The second-order valence-electron chi connectivity index (χ2n) is 3.75. The van der Waals surface area contributed by atoms with E-state index in [1.54, 1.807) is 12.1 Å². The van der Waals surface area contributed by atoms with Gasteiger partial charge in [0, 0.05) is 36.2 Å². The molecule has 0 spiro atoms. The molecule has 0 aliphatic heterocycles. The second kappa shape index (κ2) is 6.44. The molecule has 4 nitrogen and oxygen atoms in total. The summed E-state index contributed by atoms with van der Waals surface area (Å²) in [7, 11) is 2.81. The van der Waals surface area contributed by atoms with Gasteiger partial charge in [0.05, 0.1) is 0 Å².